The number of nitrogens with zero attached hydrogens (tertiary/aromatic N) is 2. The summed E-state index contributed by atoms with van der Waals surface area (Å²) in [6.07, 6.45) is 1.48. The van der Waals surface area contributed by atoms with Crippen LogP contribution in [-0.4, -0.2) is 60.3 Å². The van der Waals surface area contributed by atoms with Crippen LogP contribution in [0.4, 0.5) is 5.69 Å². The summed E-state index contributed by atoms with van der Waals surface area (Å²) in [4.78, 5) is 46.2. The summed E-state index contributed by atoms with van der Waals surface area (Å²) in [5.74, 6) is 0.716. The van der Waals surface area contributed by atoms with E-state index in [0.717, 1.165) is 27.3 Å². The quantitative estimate of drug-likeness (QED) is 0.0596. The third-order valence-electron chi connectivity index (χ3n) is 10.3. The maximum absolute atomic E-state index is 15.0. The Hall–Kier alpha value is -6.39. The Morgan fingerprint density at radius 1 is 0.860 bits per heavy atom. The van der Waals surface area contributed by atoms with Crippen LogP contribution in [0.15, 0.2) is 132 Å². The molecule has 10 nitrogen and oxygen atoms in total. The van der Waals surface area contributed by atoms with E-state index in [1.54, 1.807) is 29.1 Å². The number of amides is 2. The van der Waals surface area contributed by atoms with Gasteiger partial charge >= 0.3 is 5.97 Å². The van der Waals surface area contributed by atoms with Crippen LogP contribution in [0.25, 0.3) is 21.7 Å². The molecule has 2 heterocycles. The van der Waals surface area contributed by atoms with Crippen molar-refractivity contribution in [2.75, 3.05) is 25.2 Å². The van der Waals surface area contributed by atoms with Crippen LogP contribution in [0.3, 0.4) is 0 Å². The van der Waals surface area contributed by atoms with Gasteiger partial charge in [0.25, 0.3) is 0 Å². The van der Waals surface area contributed by atoms with Crippen molar-refractivity contribution in [3.05, 3.63) is 150 Å². The molecule has 1 aliphatic heterocycles. The van der Waals surface area contributed by atoms with Gasteiger partial charge in [0, 0.05) is 43.0 Å². The highest BCUT2D eigenvalue weighted by Gasteiger charge is 2.50. The minimum Gasteiger partial charge on any atom is -0.497 e. The van der Waals surface area contributed by atoms with Gasteiger partial charge in [0.15, 0.2) is 0 Å². The number of hydrogen-bond acceptors (Lipinski definition) is 8. The summed E-state index contributed by atoms with van der Waals surface area (Å²) in [6.45, 7) is 5.59. The summed E-state index contributed by atoms with van der Waals surface area (Å²) >= 11 is 0. The fourth-order valence-electron chi connectivity index (χ4n) is 7.73. The van der Waals surface area contributed by atoms with Crippen molar-refractivity contribution < 1.29 is 38.1 Å². The van der Waals surface area contributed by atoms with Gasteiger partial charge < -0.3 is 33.5 Å². The average molecular weight is 767 g/mol. The average Bonchev–Trinajstić information content (AvgIpc) is 3.78. The lowest BCUT2D eigenvalue weighted by Crippen LogP contribution is -2.53. The Balaban J connectivity index is 1.38. The number of methoxy groups -OCH3 is 1. The second-order valence-electron chi connectivity index (χ2n) is 14.2. The number of ether oxygens (including phenoxy) is 3. The highest BCUT2D eigenvalue weighted by molar-refractivity contribution is 5.99. The van der Waals surface area contributed by atoms with Gasteiger partial charge in [-0.15, -0.1) is 6.58 Å². The van der Waals surface area contributed by atoms with E-state index in [-0.39, 0.29) is 50.8 Å². The molecule has 0 spiro atoms. The number of benzene rings is 5. The van der Waals surface area contributed by atoms with Crippen molar-refractivity contribution in [1.29, 1.82) is 0 Å². The van der Waals surface area contributed by atoms with Crippen LogP contribution < -0.4 is 14.4 Å². The molecule has 0 fully saturated rings. The van der Waals surface area contributed by atoms with E-state index in [0.29, 0.717) is 40.5 Å². The van der Waals surface area contributed by atoms with Crippen molar-refractivity contribution in [2.45, 2.75) is 57.3 Å². The molecule has 0 saturated carbocycles. The molecule has 57 heavy (non-hydrogen) atoms. The monoisotopic (exact) mass is 766 g/mol. The molecule has 3 atom stereocenters. The van der Waals surface area contributed by atoms with Gasteiger partial charge in [0.05, 0.1) is 45.2 Å². The zero-order valence-electron chi connectivity index (χ0n) is 32.1. The van der Waals surface area contributed by atoms with Gasteiger partial charge in [-0.05, 0) is 64.4 Å². The lowest BCUT2D eigenvalue weighted by atomic mass is 9.94. The van der Waals surface area contributed by atoms with Crippen molar-refractivity contribution in [2.24, 2.45) is 0 Å². The molecule has 7 rings (SSSR count). The Bertz CT molecular complexity index is 2350. The normalized spacial score (nSPS) is 15.2. The maximum atomic E-state index is 15.0. The minimum atomic E-state index is -0.885. The minimum absolute atomic E-state index is 0.0280. The van der Waals surface area contributed by atoms with E-state index in [2.05, 4.69) is 6.58 Å². The summed E-state index contributed by atoms with van der Waals surface area (Å²) in [6, 6.07) is 34.5. The number of aliphatic hydroxyl groups is 1. The predicted octanol–water partition coefficient (Wildman–Crippen LogP) is 8.13. The van der Waals surface area contributed by atoms with Crippen LogP contribution in [0.5, 0.6) is 11.5 Å². The molecule has 2 amide bonds. The van der Waals surface area contributed by atoms with Crippen molar-refractivity contribution in [3.8, 4) is 11.5 Å². The van der Waals surface area contributed by atoms with Gasteiger partial charge in [-0.25, -0.2) is 0 Å². The van der Waals surface area contributed by atoms with E-state index >= 15 is 0 Å². The molecule has 1 unspecified atom stereocenters. The Kier molecular flexibility index (Phi) is 12.0. The van der Waals surface area contributed by atoms with Crippen LogP contribution in [-0.2, 0) is 38.5 Å². The molecule has 1 aromatic heterocycles. The molecule has 0 bridgehead atoms. The molecule has 0 aliphatic carbocycles. The molecular formula is C47H46N2O8. The lowest BCUT2D eigenvalue weighted by Gasteiger charge is -2.39. The Morgan fingerprint density at radius 3 is 2.30 bits per heavy atom. The maximum Gasteiger partial charge on any atom is 0.302 e. The number of para-hydroxylation sites is 1. The van der Waals surface area contributed by atoms with Crippen molar-refractivity contribution in [1.82, 2.24) is 4.90 Å². The number of fused-ring (bicyclic) bond motifs is 3. The zero-order valence-corrected chi connectivity index (χ0v) is 32.1. The molecule has 0 saturated heterocycles. The molecule has 0 radical (unpaired) electrons. The van der Waals surface area contributed by atoms with Crippen LogP contribution in [0.2, 0.25) is 0 Å². The Morgan fingerprint density at radius 2 is 1.58 bits per heavy atom. The summed E-state index contributed by atoms with van der Waals surface area (Å²) in [5, 5.41) is 12.4. The van der Waals surface area contributed by atoms with E-state index in [1.165, 1.54) is 6.92 Å². The number of furan rings is 1. The van der Waals surface area contributed by atoms with E-state index in [4.69, 9.17) is 18.6 Å². The number of aliphatic hydroxyl groups excluding tert-OH is 1. The first kappa shape index (κ1) is 38.9. The number of carbonyl (C=O) groups is 3. The molecule has 1 N–H and O–H groups in total. The van der Waals surface area contributed by atoms with Gasteiger partial charge in [-0.3, -0.25) is 14.4 Å². The summed E-state index contributed by atoms with van der Waals surface area (Å²) in [5.41, 5.74) is 3.47. The predicted molar refractivity (Wildman–Crippen MR) is 219 cm³/mol. The second-order valence-corrected chi connectivity index (χ2v) is 14.2. The van der Waals surface area contributed by atoms with Gasteiger partial charge in [-0.2, -0.15) is 0 Å². The van der Waals surface area contributed by atoms with Crippen molar-refractivity contribution in [3.63, 3.8) is 0 Å². The molecular weight excluding hydrogens is 721 g/mol. The van der Waals surface area contributed by atoms with Crippen LogP contribution >= 0.6 is 0 Å². The third kappa shape index (κ3) is 8.71. The molecule has 6 aromatic rings. The van der Waals surface area contributed by atoms with Crippen LogP contribution in [0.1, 0.15) is 48.3 Å². The SMILES string of the molecule is C=CCC(OC(C)=O)[C@@H]1[C@@H](N(Cc2cc3ccccc3o2)C(=O)Cc2ccc(OC)cc2)c2cc(OCCCO)ccc2N1C(=O)Cc1ccc2ccccc2c1. The van der Waals surface area contributed by atoms with Gasteiger partial charge in [0.2, 0.25) is 11.8 Å². The van der Waals surface area contributed by atoms with E-state index in [9.17, 15) is 19.5 Å². The second kappa shape index (κ2) is 17.6. The number of carbonyl (C=O) groups excluding carboxylic acids is 3. The van der Waals surface area contributed by atoms with E-state index in [1.807, 2.05) is 109 Å². The molecule has 5 aromatic carbocycles. The number of esters is 1. The van der Waals surface area contributed by atoms with Gasteiger partial charge in [0.1, 0.15) is 28.9 Å². The number of anilines is 1. The number of rotatable bonds is 16. The molecule has 10 heteroatoms. The zero-order chi connectivity index (χ0) is 39.9. The smallest absolute Gasteiger partial charge is 0.302 e. The fraction of sp³-hybridized carbons (Fsp3) is 0.255. The van der Waals surface area contributed by atoms with Crippen molar-refractivity contribution >= 4 is 45.2 Å². The topological polar surface area (TPSA) is 119 Å². The van der Waals surface area contributed by atoms with E-state index < -0.39 is 24.2 Å². The Labute approximate surface area is 331 Å². The first-order valence-electron chi connectivity index (χ1n) is 19.1. The fourth-order valence-corrected chi connectivity index (χ4v) is 7.73. The number of hydrogen-bond donors (Lipinski definition) is 1. The molecule has 1 aliphatic rings. The third-order valence-corrected chi connectivity index (χ3v) is 10.3. The summed E-state index contributed by atoms with van der Waals surface area (Å²) < 4.78 is 23.8. The lowest BCUT2D eigenvalue weighted by molar-refractivity contribution is -0.149. The van der Waals surface area contributed by atoms with Gasteiger partial charge in [-0.1, -0.05) is 78.9 Å². The highest BCUT2D eigenvalue weighted by Crippen LogP contribution is 2.48. The summed E-state index contributed by atoms with van der Waals surface area (Å²) in [7, 11) is 1.59. The highest BCUT2D eigenvalue weighted by atomic mass is 16.5. The largest absolute Gasteiger partial charge is 0.497 e. The first-order valence-corrected chi connectivity index (χ1v) is 19.1. The standard InChI is InChI=1S/C47H46N2O8/c1-4-10-43(56-31(2)51)47-46(48(30-39-28-36-13-7-8-14-42(36)57-39)44(52)26-32-16-19-37(54-3)20-17-32)40-29-38(55-24-9-23-50)21-22-41(40)49(47)45(53)27-33-15-18-34-11-5-6-12-35(34)25-33/h4-8,11-22,25,28-29,43,46-47,50H,1,9-10,23-24,26-27,30H2,2-3H3/t43?,46-,47+/m0/s1. The van der Waals surface area contributed by atoms with Crippen LogP contribution in [0, 0.1) is 0 Å². The molecule has 292 valence electrons. The first-order chi connectivity index (χ1) is 27.8.